The Balaban J connectivity index is 1.74. The zero-order valence-electron chi connectivity index (χ0n) is 17.0. The fourth-order valence-electron chi connectivity index (χ4n) is 2.49. The van der Waals surface area contributed by atoms with Gasteiger partial charge in [-0.3, -0.25) is 0 Å². The van der Waals surface area contributed by atoms with Crippen molar-refractivity contribution in [3.63, 3.8) is 0 Å². The molecule has 0 fully saturated rings. The quantitative estimate of drug-likeness (QED) is 0.274. The van der Waals surface area contributed by atoms with Gasteiger partial charge in [0, 0.05) is 19.7 Å². The van der Waals surface area contributed by atoms with Crippen LogP contribution in [0, 0.1) is 0 Å². The molecule has 0 spiro atoms. The monoisotopic (exact) mass is 422 g/mol. The highest BCUT2D eigenvalue weighted by atomic mass is 32.2. The van der Waals surface area contributed by atoms with Crippen LogP contribution in [0.2, 0.25) is 0 Å². The van der Waals surface area contributed by atoms with E-state index in [1.165, 1.54) is 7.05 Å². The molecule has 1 aromatic carbocycles. The Morgan fingerprint density at radius 1 is 1.14 bits per heavy atom. The van der Waals surface area contributed by atoms with Gasteiger partial charge >= 0.3 is 0 Å². The largest absolute Gasteiger partial charge is 0.467 e. The maximum absolute atomic E-state index is 11.6. The van der Waals surface area contributed by atoms with Gasteiger partial charge in [-0.2, -0.15) is 0 Å². The first-order valence-electron chi connectivity index (χ1n) is 9.63. The number of hydrogen-bond donors (Lipinski definition) is 3. The zero-order valence-corrected chi connectivity index (χ0v) is 17.8. The zero-order chi connectivity index (χ0) is 21.0. The topological polar surface area (TPSA) is 105 Å². The van der Waals surface area contributed by atoms with Crippen molar-refractivity contribution in [2.75, 3.05) is 26.7 Å². The number of hydrogen-bond acceptors (Lipinski definition) is 5. The molecule has 0 aliphatic rings. The number of sulfonamides is 1. The van der Waals surface area contributed by atoms with Gasteiger partial charge in [-0.05, 0) is 43.7 Å². The first-order chi connectivity index (χ1) is 14.0. The minimum atomic E-state index is -3.26. The molecule has 0 aliphatic heterocycles. The van der Waals surface area contributed by atoms with Crippen LogP contribution in [-0.2, 0) is 33.7 Å². The van der Waals surface area contributed by atoms with E-state index in [1.807, 2.05) is 43.3 Å². The Morgan fingerprint density at radius 3 is 2.55 bits per heavy atom. The van der Waals surface area contributed by atoms with Crippen LogP contribution in [0.25, 0.3) is 0 Å². The van der Waals surface area contributed by atoms with Crippen molar-refractivity contribution < 1.29 is 17.6 Å². The van der Waals surface area contributed by atoms with Gasteiger partial charge in [0.1, 0.15) is 12.4 Å². The third kappa shape index (κ3) is 9.12. The molecule has 29 heavy (non-hydrogen) atoms. The Morgan fingerprint density at radius 2 is 1.90 bits per heavy atom. The molecule has 9 heteroatoms. The van der Waals surface area contributed by atoms with Crippen LogP contribution in [0.5, 0.6) is 0 Å². The lowest BCUT2D eigenvalue weighted by Crippen LogP contribution is -2.38. The molecule has 1 aromatic heterocycles. The molecule has 0 amide bonds. The van der Waals surface area contributed by atoms with Gasteiger partial charge < -0.3 is 19.8 Å². The molecule has 160 valence electrons. The molecule has 8 nitrogen and oxygen atoms in total. The maximum Gasteiger partial charge on any atom is 0.215 e. The molecule has 0 radical (unpaired) electrons. The second-order valence-corrected chi connectivity index (χ2v) is 8.31. The van der Waals surface area contributed by atoms with Crippen LogP contribution in [0.15, 0.2) is 52.1 Å². The fraction of sp³-hybridized carbons (Fsp3) is 0.450. The Labute approximate surface area is 172 Å². The highest BCUT2D eigenvalue weighted by Crippen LogP contribution is 2.08. The molecular formula is C20H30N4O4S. The SMILES string of the molecule is CCNC(=NCc1ccc(CS(=O)(=O)NC)cc1)NCCCOCc1ccco1. The van der Waals surface area contributed by atoms with Crippen molar-refractivity contribution in [1.29, 1.82) is 0 Å². The maximum atomic E-state index is 11.6. The number of nitrogens with zero attached hydrogens (tertiary/aromatic N) is 1. The molecule has 1 heterocycles. The average molecular weight is 423 g/mol. The first-order valence-corrected chi connectivity index (χ1v) is 11.3. The molecule has 3 N–H and O–H groups in total. The third-order valence-electron chi connectivity index (χ3n) is 4.04. The molecule has 0 atom stereocenters. The number of furan rings is 1. The summed E-state index contributed by atoms with van der Waals surface area (Å²) in [5.41, 5.74) is 1.75. The molecule has 2 rings (SSSR count). The fourth-order valence-corrected chi connectivity index (χ4v) is 3.27. The summed E-state index contributed by atoms with van der Waals surface area (Å²) in [5.74, 6) is 1.53. The Hall–Kier alpha value is -2.36. The number of rotatable bonds is 12. The second kappa shape index (κ2) is 12.3. The van der Waals surface area contributed by atoms with Crippen LogP contribution < -0.4 is 15.4 Å². The van der Waals surface area contributed by atoms with Gasteiger partial charge in [-0.1, -0.05) is 24.3 Å². The van der Waals surface area contributed by atoms with E-state index in [9.17, 15) is 8.42 Å². The minimum absolute atomic E-state index is 0.0285. The van der Waals surface area contributed by atoms with Gasteiger partial charge in [-0.25, -0.2) is 18.1 Å². The van der Waals surface area contributed by atoms with Crippen molar-refractivity contribution in [2.45, 2.75) is 32.2 Å². The summed E-state index contributed by atoms with van der Waals surface area (Å²) in [5, 5.41) is 6.49. The van der Waals surface area contributed by atoms with E-state index in [1.54, 1.807) is 6.26 Å². The van der Waals surface area contributed by atoms with Crippen molar-refractivity contribution in [2.24, 2.45) is 4.99 Å². The average Bonchev–Trinajstić information content (AvgIpc) is 3.23. The van der Waals surface area contributed by atoms with E-state index in [0.717, 1.165) is 42.4 Å². The smallest absolute Gasteiger partial charge is 0.215 e. The van der Waals surface area contributed by atoms with Crippen molar-refractivity contribution in [3.8, 4) is 0 Å². The standard InChI is InChI=1S/C20H30N4O4S/c1-3-22-20(23-11-5-12-27-15-19-6-4-13-28-19)24-14-17-7-9-18(10-8-17)16-29(25,26)21-2/h4,6-10,13,21H,3,5,11-12,14-16H2,1-2H3,(H2,22,23,24). The number of guanidine groups is 1. The summed E-state index contributed by atoms with van der Waals surface area (Å²) < 4.78 is 36.3. The highest BCUT2D eigenvalue weighted by Gasteiger charge is 2.08. The highest BCUT2D eigenvalue weighted by molar-refractivity contribution is 7.88. The normalized spacial score (nSPS) is 12.1. The van der Waals surface area contributed by atoms with E-state index in [4.69, 9.17) is 9.15 Å². The summed E-state index contributed by atoms with van der Waals surface area (Å²) in [6.07, 6.45) is 2.48. The molecule has 0 saturated carbocycles. The minimum Gasteiger partial charge on any atom is -0.467 e. The van der Waals surface area contributed by atoms with E-state index in [2.05, 4.69) is 20.3 Å². The number of nitrogens with one attached hydrogen (secondary N) is 3. The number of ether oxygens (including phenoxy) is 1. The lowest BCUT2D eigenvalue weighted by molar-refractivity contribution is 0.105. The predicted molar refractivity (Wildman–Crippen MR) is 114 cm³/mol. The number of aliphatic imine (C=N–C) groups is 1. The van der Waals surface area contributed by atoms with Gasteiger partial charge in [0.05, 0.1) is 18.6 Å². The van der Waals surface area contributed by atoms with Crippen molar-refractivity contribution in [3.05, 3.63) is 59.5 Å². The molecule has 0 bridgehead atoms. The van der Waals surface area contributed by atoms with E-state index in [0.29, 0.717) is 19.8 Å². The summed E-state index contributed by atoms with van der Waals surface area (Å²) in [7, 11) is -1.85. The van der Waals surface area contributed by atoms with Gasteiger partial charge in [0.2, 0.25) is 10.0 Å². The van der Waals surface area contributed by atoms with Crippen LogP contribution in [0.4, 0.5) is 0 Å². The lowest BCUT2D eigenvalue weighted by atomic mass is 10.1. The molecule has 0 unspecified atom stereocenters. The summed E-state index contributed by atoms with van der Waals surface area (Å²) in [6.45, 7) is 5.13. The van der Waals surface area contributed by atoms with E-state index < -0.39 is 10.0 Å². The van der Waals surface area contributed by atoms with Crippen LogP contribution in [0.3, 0.4) is 0 Å². The van der Waals surface area contributed by atoms with Crippen molar-refractivity contribution >= 4 is 16.0 Å². The Kier molecular flexibility index (Phi) is 9.69. The third-order valence-corrected chi connectivity index (χ3v) is 5.37. The van der Waals surface area contributed by atoms with Gasteiger partial charge in [0.25, 0.3) is 0 Å². The molecule has 0 aliphatic carbocycles. The molecule has 2 aromatic rings. The van der Waals surface area contributed by atoms with E-state index >= 15 is 0 Å². The van der Waals surface area contributed by atoms with Crippen LogP contribution >= 0.6 is 0 Å². The van der Waals surface area contributed by atoms with E-state index in [-0.39, 0.29) is 5.75 Å². The summed E-state index contributed by atoms with van der Waals surface area (Å²) in [4.78, 5) is 4.57. The second-order valence-electron chi connectivity index (χ2n) is 6.39. The summed E-state index contributed by atoms with van der Waals surface area (Å²) in [6, 6.07) is 11.2. The first kappa shape index (κ1) is 22.9. The lowest BCUT2D eigenvalue weighted by Gasteiger charge is -2.11. The van der Waals surface area contributed by atoms with Crippen molar-refractivity contribution in [1.82, 2.24) is 15.4 Å². The van der Waals surface area contributed by atoms with Gasteiger partial charge in [0.15, 0.2) is 5.96 Å². The molecular weight excluding hydrogens is 392 g/mol. The summed E-state index contributed by atoms with van der Waals surface area (Å²) >= 11 is 0. The van der Waals surface area contributed by atoms with Crippen LogP contribution in [0.1, 0.15) is 30.2 Å². The van der Waals surface area contributed by atoms with Crippen LogP contribution in [-0.4, -0.2) is 41.1 Å². The Bertz CT molecular complexity index is 834. The van der Waals surface area contributed by atoms with Gasteiger partial charge in [-0.15, -0.1) is 0 Å². The molecule has 0 saturated heterocycles. The predicted octanol–water partition coefficient (Wildman–Crippen LogP) is 1.99. The number of benzene rings is 1.